The van der Waals surface area contributed by atoms with Crippen molar-refractivity contribution in [3.05, 3.63) is 42.1 Å². The maximum atomic E-state index is 8.92. The molecule has 2 aromatic rings. The highest BCUT2D eigenvalue weighted by molar-refractivity contribution is 5.58. The van der Waals surface area contributed by atoms with Crippen molar-refractivity contribution >= 4 is 0 Å². The monoisotopic (exact) mass is 285 g/mol. The molecule has 1 aromatic carbocycles. The van der Waals surface area contributed by atoms with Crippen molar-refractivity contribution in [2.24, 2.45) is 0 Å². The van der Waals surface area contributed by atoms with Gasteiger partial charge in [0.05, 0.1) is 5.69 Å². The molecule has 2 N–H and O–H groups in total. The van der Waals surface area contributed by atoms with E-state index in [4.69, 9.17) is 5.11 Å². The first-order chi connectivity index (χ1) is 10.4. The third kappa shape index (κ3) is 3.93. The summed E-state index contributed by atoms with van der Waals surface area (Å²) < 4.78 is 0. The summed E-state index contributed by atoms with van der Waals surface area (Å²) in [6.07, 6.45) is 4.56. The van der Waals surface area contributed by atoms with E-state index >= 15 is 0 Å². The van der Waals surface area contributed by atoms with E-state index in [2.05, 4.69) is 33.3 Å². The fourth-order valence-corrected chi connectivity index (χ4v) is 2.68. The summed E-state index contributed by atoms with van der Waals surface area (Å²) in [4.78, 5) is 2.51. The van der Waals surface area contributed by atoms with Crippen LogP contribution >= 0.6 is 0 Å². The lowest BCUT2D eigenvalue weighted by molar-refractivity contribution is 0.227. The first kappa shape index (κ1) is 14.3. The van der Waals surface area contributed by atoms with E-state index in [1.807, 2.05) is 18.2 Å². The summed E-state index contributed by atoms with van der Waals surface area (Å²) in [6, 6.07) is 13.1. The number of aliphatic hydroxyl groups excluding tert-OH is 1. The molecular weight excluding hydrogens is 262 g/mol. The number of aliphatic hydroxyl groups is 1. The molecule has 0 aliphatic heterocycles. The molecule has 1 heterocycles. The SMILES string of the molecule is OCCCCN(Cc1cc(-c2ccccc2)n[nH]1)C1CC1. The molecule has 0 radical (unpaired) electrons. The molecule has 1 saturated carbocycles. The van der Waals surface area contributed by atoms with E-state index in [1.54, 1.807) is 0 Å². The summed E-state index contributed by atoms with van der Waals surface area (Å²) in [5, 5.41) is 16.5. The molecule has 112 valence electrons. The minimum absolute atomic E-state index is 0.292. The molecule has 1 aliphatic carbocycles. The Morgan fingerprint density at radius 2 is 2.00 bits per heavy atom. The van der Waals surface area contributed by atoms with Gasteiger partial charge in [-0.1, -0.05) is 30.3 Å². The minimum atomic E-state index is 0.292. The number of aromatic amines is 1. The average Bonchev–Trinajstić information content (AvgIpc) is 3.27. The zero-order valence-electron chi connectivity index (χ0n) is 12.3. The molecule has 0 spiro atoms. The second-order valence-electron chi connectivity index (χ2n) is 5.78. The Morgan fingerprint density at radius 3 is 2.71 bits per heavy atom. The van der Waals surface area contributed by atoms with Crippen molar-refractivity contribution < 1.29 is 5.11 Å². The number of unbranched alkanes of at least 4 members (excludes halogenated alkanes) is 1. The summed E-state index contributed by atoms with van der Waals surface area (Å²) in [6.45, 7) is 2.28. The van der Waals surface area contributed by atoms with Gasteiger partial charge in [-0.15, -0.1) is 0 Å². The lowest BCUT2D eigenvalue weighted by Gasteiger charge is -2.20. The van der Waals surface area contributed by atoms with Crippen LogP contribution in [0.2, 0.25) is 0 Å². The molecule has 3 rings (SSSR count). The molecule has 1 fully saturated rings. The number of benzene rings is 1. The van der Waals surface area contributed by atoms with Gasteiger partial charge in [0.1, 0.15) is 0 Å². The van der Waals surface area contributed by atoms with Crippen molar-refractivity contribution in [2.45, 2.75) is 38.3 Å². The molecular formula is C17H23N3O. The number of nitrogens with one attached hydrogen (secondary N) is 1. The van der Waals surface area contributed by atoms with Crippen LogP contribution in [0.4, 0.5) is 0 Å². The van der Waals surface area contributed by atoms with E-state index in [9.17, 15) is 0 Å². The van der Waals surface area contributed by atoms with Crippen LogP contribution in [0.25, 0.3) is 11.3 Å². The van der Waals surface area contributed by atoms with E-state index in [0.29, 0.717) is 6.61 Å². The molecule has 0 bridgehead atoms. The molecule has 1 aliphatic rings. The van der Waals surface area contributed by atoms with Gasteiger partial charge in [-0.2, -0.15) is 5.10 Å². The van der Waals surface area contributed by atoms with Gasteiger partial charge in [0.2, 0.25) is 0 Å². The van der Waals surface area contributed by atoms with Crippen molar-refractivity contribution in [3.8, 4) is 11.3 Å². The zero-order valence-corrected chi connectivity index (χ0v) is 12.3. The van der Waals surface area contributed by atoms with Gasteiger partial charge in [-0.05, 0) is 38.3 Å². The van der Waals surface area contributed by atoms with Crippen LogP contribution in [0.5, 0.6) is 0 Å². The van der Waals surface area contributed by atoms with Crippen LogP contribution in [-0.2, 0) is 6.54 Å². The quantitative estimate of drug-likeness (QED) is 0.733. The summed E-state index contributed by atoms with van der Waals surface area (Å²) in [7, 11) is 0. The molecule has 21 heavy (non-hydrogen) atoms. The van der Waals surface area contributed by atoms with E-state index < -0.39 is 0 Å². The molecule has 0 atom stereocenters. The highest BCUT2D eigenvalue weighted by Crippen LogP contribution is 2.29. The Labute approximate surface area is 125 Å². The van der Waals surface area contributed by atoms with E-state index in [0.717, 1.165) is 43.2 Å². The van der Waals surface area contributed by atoms with Gasteiger partial charge >= 0.3 is 0 Å². The van der Waals surface area contributed by atoms with Crippen LogP contribution in [0.3, 0.4) is 0 Å². The van der Waals surface area contributed by atoms with Crippen molar-refractivity contribution in [1.82, 2.24) is 15.1 Å². The van der Waals surface area contributed by atoms with Crippen LogP contribution in [0.1, 0.15) is 31.4 Å². The van der Waals surface area contributed by atoms with Gasteiger partial charge in [-0.3, -0.25) is 10.00 Å². The lowest BCUT2D eigenvalue weighted by atomic mass is 10.1. The first-order valence-corrected chi connectivity index (χ1v) is 7.81. The summed E-state index contributed by atoms with van der Waals surface area (Å²) >= 11 is 0. The Morgan fingerprint density at radius 1 is 1.19 bits per heavy atom. The highest BCUT2D eigenvalue weighted by atomic mass is 16.2. The number of aromatic nitrogens is 2. The number of rotatable bonds is 8. The molecule has 0 unspecified atom stereocenters. The summed E-state index contributed by atoms with van der Waals surface area (Å²) in [5.74, 6) is 0. The molecule has 4 heteroatoms. The first-order valence-electron chi connectivity index (χ1n) is 7.81. The third-order valence-electron chi connectivity index (χ3n) is 3.99. The molecule has 0 amide bonds. The zero-order chi connectivity index (χ0) is 14.5. The van der Waals surface area contributed by atoms with Gasteiger partial charge in [0, 0.05) is 30.5 Å². The Hall–Kier alpha value is -1.65. The largest absolute Gasteiger partial charge is 0.396 e. The van der Waals surface area contributed by atoms with Crippen molar-refractivity contribution in [2.75, 3.05) is 13.2 Å². The Bertz CT molecular complexity index is 548. The average molecular weight is 285 g/mol. The van der Waals surface area contributed by atoms with Gasteiger partial charge in [0.15, 0.2) is 0 Å². The maximum Gasteiger partial charge on any atom is 0.0924 e. The number of hydrogen-bond acceptors (Lipinski definition) is 3. The lowest BCUT2D eigenvalue weighted by Crippen LogP contribution is -2.27. The Kier molecular flexibility index (Phi) is 4.68. The Balaban J connectivity index is 1.62. The van der Waals surface area contributed by atoms with Crippen molar-refractivity contribution in [3.63, 3.8) is 0 Å². The van der Waals surface area contributed by atoms with Crippen molar-refractivity contribution in [1.29, 1.82) is 0 Å². The number of H-pyrrole nitrogens is 1. The van der Waals surface area contributed by atoms with Crippen LogP contribution in [0, 0.1) is 0 Å². The second kappa shape index (κ2) is 6.87. The number of nitrogens with zero attached hydrogens (tertiary/aromatic N) is 2. The van der Waals surface area contributed by atoms with E-state index in [1.165, 1.54) is 18.5 Å². The smallest absolute Gasteiger partial charge is 0.0924 e. The van der Waals surface area contributed by atoms with Gasteiger partial charge in [0.25, 0.3) is 0 Å². The van der Waals surface area contributed by atoms with Crippen LogP contribution < -0.4 is 0 Å². The van der Waals surface area contributed by atoms with Gasteiger partial charge in [-0.25, -0.2) is 0 Å². The standard InChI is InChI=1S/C17H23N3O/c21-11-5-4-10-20(16-8-9-16)13-15-12-17(19-18-15)14-6-2-1-3-7-14/h1-3,6-7,12,16,21H,4-5,8-11,13H2,(H,18,19). The topological polar surface area (TPSA) is 52.1 Å². The molecule has 0 saturated heterocycles. The minimum Gasteiger partial charge on any atom is -0.396 e. The second-order valence-corrected chi connectivity index (χ2v) is 5.78. The molecule has 1 aromatic heterocycles. The predicted octanol–water partition coefficient (Wildman–Crippen LogP) is 2.81. The third-order valence-corrected chi connectivity index (χ3v) is 3.99. The highest BCUT2D eigenvalue weighted by Gasteiger charge is 2.28. The fourth-order valence-electron chi connectivity index (χ4n) is 2.68. The molecule has 4 nitrogen and oxygen atoms in total. The summed E-state index contributed by atoms with van der Waals surface area (Å²) in [5.41, 5.74) is 3.33. The van der Waals surface area contributed by atoms with Gasteiger partial charge < -0.3 is 5.11 Å². The maximum absolute atomic E-state index is 8.92. The fraction of sp³-hybridized carbons (Fsp3) is 0.471. The normalized spacial score (nSPS) is 14.8. The van der Waals surface area contributed by atoms with Crippen LogP contribution in [-0.4, -0.2) is 39.4 Å². The van der Waals surface area contributed by atoms with E-state index in [-0.39, 0.29) is 0 Å². The number of hydrogen-bond donors (Lipinski definition) is 2. The van der Waals surface area contributed by atoms with Crippen LogP contribution in [0.15, 0.2) is 36.4 Å². The predicted molar refractivity (Wildman–Crippen MR) is 83.8 cm³/mol.